The Bertz CT molecular complexity index is 417. The number of imidazole rings is 1. The van der Waals surface area contributed by atoms with Crippen LogP contribution in [0.3, 0.4) is 0 Å². The van der Waals surface area contributed by atoms with Gasteiger partial charge in [0.15, 0.2) is 0 Å². The van der Waals surface area contributed by atoms with Gasteiger partial charge in [-0.15, -0.1) is 0 Å². The van der Waals surface area contributed by atoms with Crippen molar-refractivity contribution in [1.29, 1.82) is 0 Å². The third kappa shape index (κ3) is 3.56. The first-order valence-electron chi connectivity index (χ1n) is 6.86. The summed E-state index contributed by atoms with van der Waals surface area (Å²) in [5, 5.41) is 3.09. The maximum atomic E-state index is 12.0. The summed E-state index contributed by atoms with van der Waals surface area (Å²) >= 11 is 0. The van der Waals surface area contributed by atoms with Gasteiger partial charge in [-0.2, -0.15) is 0 Å². The van der Waals surface area contributed by atoms with Crippen molar-refractivity contribution in [2.24, 2.45) is 0 Å². The van der Waals surface area contributed by atoms with Gasteiger partial charge in [-0.1, -0.05) is 6.92 Å². The Morgan fingerprint density at radius 1 is 1.58 bits per heavy atom. The molecule has 2 unspecified atom stereocenters. The van der Waals surface area contributed by atoms with Crippen molar-refractivity contribution in [2.75, 3.05) is 13.7 Å². The number of nitrogens with one attached hydrogen (secondary N) is 1. The number of rotatable bonds is 7. The summed E-state index contributed by atoms with van der Waals surface area (Å²) in [5.41, 5.74) is -0.676. The van der Waals surface area contributed by atoms with Gasteiger partial charge in [0, 0.05) is 24.9 Å². The molecule has 1 rings (SSSR count). The predicted octanol–water partition coefficient (Wildman–Crippen LogP) is 1.94. The van der Waals surface area contributed by atoms with Crippen LogP contribution in [0.1, 0.15) is 46.0 Å². The minimum Gasteiger partial charge on any atom is -0.465 e. The summed E-state index contributed by atoms with van der Waals surface area (Å²) in [5.74, 6) is 0.831. The lowest BCUT2D eigenvalue weighted by molar-refractivity contribution is -0.151. The number of likely N-dealkylation sites (N-methyl/N-ethyl adjacent to an activating group) is 1. The largest absolute Gasteiger partial charge is 0.465 e. The topological polar surface area (TPSA) is 56.2 Å². The molecule has 0 spiro atoms. The van der Waals surface area contributed by atoms with Gasteiger partial charge in [-0.25, -0.2) is 4.98 Å². The standard InChI is InChI=1S/C14H25N3O2/c1-6-12-16-8-9-17(12)11(3)10-14(4,15-5)13(18)19-7-2/h8-9,11,15H,6-7,10H2,1-5H3. The molecule has 0 bridgehead atoms. The molecule has 1 aromatic heterocycles. The average molecular weight is 267 g/mol. The second kappa shape index (κ2) is 6.70. The highest BCUT2D eigenvalue weighted by molar-refractivity contribution is 5.80. The summed E-state index contributed by atoms with van der Waals surface area (Å²) in [6.07, 6.45) is 5.31. The van der Waals surface area contributed by atoms with Crippen LogP contribution in [0.15, 0.2) is 12.4 Å². The molecule has 1 N–H and O–H groups in total. The number of nitrogens with zero attached hydrogens (tertiary/aromatic N) is 2. The number of hydrogen-bond donors (Lipinski definition) is 1. The van der Waals surface area contributed by atoms with Gasteiger partial charge in [0.1, 0.15) is 11.4 Å². The van der Waals surface area contributed by atoms with Crippen LogP contribution in [0.5, 0.6) is 0 Å². The number of hydrogen-bond acceptors (Lipinski definition) is 4. The van der Waals surface area contributed by atoms with E-state index in [0.717, 1.165) is 12.2 Å². The zero-order valence-electron chi connectivity index (χ0n) is 12.6. The fourth-order valence-electron chi connectivity index (χ4n) is 2.29. The third-order valence-corrected chi connectivity index (χ3v) is 3.52. The van der Waals surface area contributed by atoms with Crippen molar-refractivity contribution < 1.29 is 9.53 Å². The maximum Gasteiger partial charge on any atom is 0.326 e. The van der Waals surface area contributed by atoms with E-state index in [9.17, 15) is 4.79 Å². The van der Waals surface area contributed by atoms with Crippen LogP contribution in [-0.2, 0) is 16.0 Å². The van der Waals surface area contributed by atoms with E-state index in [-0.39, 0.29) is 12.0 Å². The van der Waals surface area contributed by atoms with Crippen LogP contribution in [0.25, 0.3) is 0 Å². The molecular weight excluding hydrogens is 242 g/mol. The van der Waals surface area contributed by atoms with Crippen LogP contribution in [-0.4, -0.2) is 34.7 Å². The molecule has 2 atom stereocenters. The van der Waals surface area contributed by atoms with Gasteiger partial charge in [-0.3, -0.25) is 4.79 Å². The van der Waals surface area contributed by atoms with Gasteiger partial charge in [0.25, 0.3) is 0 Å². The number of aromatic nitrogens is 2. The lowest BCUT2D eigenvalue weighted by atomic mass is 9.93. The summed E-state index contributed by atoms with van der Waals surface area (Å²) < 4.78 is 7.27. The van der Waals surface area contributed by atoms with Crippen molar-refractivity contribution in [3.8, 4) is 0 Å². The normalized spacial score (nSPS) is 15.8. The molecule has 5 nitrogen and oxygen atoms in total. The zero-order valence-corrected chi connectivity index (χ0v) is 12.6. The lowest BCUT2D eigenvalue weighted by Crippen LogP contribution is -2.50. The molecule has 0 fully saturated rings. The molecule has 0 amide bonds. The second-order valence-electron chi connectivity index (χ2n) is 4.96. The quantitative estimate of drug-likeness (QED) is 0.767. The second-order valence-corrected chi connectivity index (χ2v) is 4.96. The van der Waals surface area contributed by atoms with Crippen LogP contribution < -0.4 is 5.32 Å². The van der Waals surface area contributed by atoms with E-state index in [1.807, 2.05) is 20.0 Å². The Morgan fingerprint density at radius 3 is 2.79 bits per heavy atom. The van der Waals surface area contributed by atoms with Crippen molar-refractivity contribution in [2.45, 2.75) is 52.1 Å². The summed E-state index contributed by atoms with van der Waals surface area (Å²) in [4.78, 5) is 16.4. The van der Waals surface area contributed by atoms with Crippen molar-refractivity contribution in [1.82, 2.24) is 14.9 Å². The average Bonchev–Trinajstić information content (AvgIpc) is 2.87. The van der Waals surface area contributed by atoms with E-state index in [1.54, 1.807) is 13.2 Å². The molecular formula is C14H25N3O2. The first kappa shape index (κ1) is 15.7. The van der Waals surface area contributed by atoms with E-state index < -0.39 is 5.54 Å². The van der Waals surface area contributed by atoms with Crippen LogP contribution in [0.2, 0.25) is 0 Å². The molecule has 5 heteroatoms. The summed E-state index contributed by atoms with van der Waals surface area (Å²) in [6, 6.07) is 0.180. The Balaban J connectivity index is 2.83. The van der Waals surface area contributed by atoms with Gasteiger partial charge < -0.3 is 14.6 Å². The van der Waals surface area contributed by atoms with Gasteiger partial charge in [-0.05, 0) is 34.2 Å². The number of carbonyl (C=O) groups excluding carboxylic acids is 1. The van der Waals surface area contributed by atoms with Crippen molar-refractivity contribution in [3.05, 3.63) is 18.2 Å². The summed E-state index contributed by atoms with van der Waals surface area (Å²) in [7, 11) is 1.79. The minimum atomic E-state index is -0.676. The van der Waals surface area contributed by atoms with Crippen molar-refractivity contribution >= 4 is 5.97 Å². The molecule has 0 saturated heterocycles. The molecule has 19 heavy (non-hydrogen) atoms. The fourth-order valence-corrected chi connectivity index (χ4v) is 2.29. The molecule has 0 aliphatic rings. The van der Waals surface area contributed by atoms with E-state index in [4.69, 9.17) is 4.74 Å². The zero-order chi connectivity index (χ0) is 14.5. The van der Waals surface area contributed by atoms with E-state index >= 15 is 0 Å². The number of carbonyl (C=O) groups is 1. The highest BCUT2D eigenvalue weighted by Gasteiger charge is 2.35. The van der Waals surface area contributed by atoms with Crippen LogP contribution in [0.4, 0.5) is 0 Å². The smallest absolute Gasteiger partial charge is 0.326 e. The highest BCUT2D eigenvalue weighted by atomic mass is 16.5. The molecule has 1 heterocycles. The van der Waals surface area contributed by atoms with Gasteiger partial charge >= 0.3 is 5.97 Å². The Hall–Kier alpha value is -1.36. The molecule has 0 aliphatic heterocycles. The van der Waals surface area contributed by atoms with E-state index in [1.165, 1.54) is 0 Å². The maximum absolute atomic E-state index is 12.0. The van der Waals surface area contributed by atoms with E-state index in [0.29, 0.717) is 13.0 Å². The first-order chi connectivity index (χ1) is 8.98. The Morgan fingerprint density at radius 2 is 2.26 bits per heavy atom. The minimum absolute atomic E-state index is 0.180. The highest BCUT2D eigenvalue weighted by Crippen LogP contribution is 2.23. The van der Waals surface area contributed by atoms with E-state index in [2.05, 4.69) is 28.7 Å². The number of aryl methyl sites for hydroxylation is 1. The van der Waals surface area contributed by atoms with Crippen LogP contribution >= 0.6 is 0 Å². The van der Waals surface area contributed by atoms with Crippen LogP contribution in [0, 0.1) is 0 Å². The number of esters is 1. The molecule has 0 aromatic carbocycles. The Kier molecular flexibility index (Phi) is 5.54. The molecule has 0 saturated carbocycles. The molecule has 0 aliphatic carbocycles. The van der Waals surface area contributed by atoms with Gasteiger partial charge in [0.2, 0.25) is 0 Å². The lowest BCUT2D eigenvalue weighted by Gasteiger charge is -2.30. The number of ether oxygens (including phenoxy) is 1. The molecule has 108 valence electrons. The SMILES string of the molecule is CCOC(=O)C(C)(CC(C)n1ccnc1CC)NC. The van der Waals surface area contributed by atoms with Crippen molar-refractivity contribution in [3.63, 3.8) is 0 Å². The third-order valence-electron chi connectivity index (χ3n) is 3.52. The predicted molar refractivity (Wildman–Crippen MR) is 75.0 cm³/mol. The summed E-state index contributed by atoms with van der Waals surface area (Å²) in [6.45, 7) is 8.27. The fraction of sp³-hybridized carbons (Fsp3) is 0.714. The first-order valence-corrected chi connectivity index (χ1v) is 6.86. The molecule has 1 aromatic rings. The van der Waals surface area contributed by atoms with Gasteiger partial charge in [0.05, 0.1) is 6.61 Å². The monoisotopic (exact) mass is 267 g/mol. The molecule has 0 radical (unpaired) electrons. The Labute approximate surface area is 115 Å².